The van der Waals surface area contributed by atoms with Gasteiger partial charge in [0.2, 0.25) is 10.0 Å². The Bertz CT molecular complexity index is 1020. The molecule has 10 nitrogen and oxygen atoms in total. The highest BCUT2D eigenvalue weighted by Gasteiger charge is 2.44. The quantitative estimate of drug-likeness (QED) is 0.622. The van der Waals surface area contributed by atoms with Crippen LogP contribution in [0.25, 0.3) is 0 Å². The Labute approximate surface area is 181 Å². The van der Waals surface area contributed by atoms with E-state index >= 15 is 0 Å². The van der Waals surface area contributed by atoms with Crippen LogP contribution in [-0.4, -0.2) is 66.9 Å². The first-order valence-electron chi connectivity index (χ1n) is 10.0. The summed E-state index contributed by atoms with van der Waals surface area (Å²) in [5.41, 5.74) is 6.71. The summed E-state index contributed by atoms with van der Waals surface area (Å²) in [7, 11) is -3.90. The smallest absolute Gasteiger partial charge is 0.261 e. The topological polar surface area (TPSA) is 139 Å². The lowest BCUT2D eigenvalue weighted by Crippen LogP contribution is -2.63. The van der Waals surface area contributed by atoms with Gasteiger partial charge in [0.25, 0.3) is 11.8 Å². The molecule has 3 N–H and O–H groups in total. The maximum absolute atomic E-state index is 13.3. The van der Waals surface area contributed by atoms with Crippen molar-refractivity contribution in [2.45, 2.75) is 32.2 Å². The molecule has 1 aliphatic rings. The van der Waals surface area contributed by atoms with E-state index in [0.29, 0.717) is 23.4 Å². The number of aryl methyl sites for hydroxylation is 2. The lowest BCUT2D eigenvalue weighted by molar-refractivity contribution is -0.130. The zero-order valence-corrected chi connectivity index (χ0v) is 18.4. The molecule has 0 spiro atoms. The minimum absolute atomic E-state index is 0.126. The first-order chi connectivity index (χ1) is 14.8. The number of nitrogens with zero attached hydrogens (tertiary/aromatic N) is 3. The second-order valence-electron chi connectivity index (χ2n) is 7.36. The molecule has 1 saturated heterocycles. The Morgan fingerprint density at radius 1 is 1.23 bits per heavy atom. The fourth-order valence-electron chi connectivity index (χ4n) is 3.66. The first-order valence-corrected chi connectivity index (χ1v) is 11.6. The molecule has 31 heavy (non-hydrogen) atoms. The normalized spacial score (nSPS) is 17.5. The Morgan fingerprint density at radius 3 is 2.55 bits per heavy atom. The van der Waals surface area contributed by atoms with Gasteiger partial charge in [-0.05, 0) is 25.8 Å². The molecule has 2 aromatic rings. The van der Waals surface area contributed by atoms with Gasteiger partial charge in [-0.25, -0.2) is 8.42 Å². The molecule has 1 aliphatic heterocycles. The summed E-state index contributed by atoms with van der Waals surface area (Å²) in [6.45, 7) is 3.93. The molecule has 3 rings (SSSR count). The van der Waals surface area contributed by atoms with Gasteiger partial charge in [-0.15, -0.1) is 0 Å². The molecular formula is C20H27N5O5S. The maximum atomic E-state index is 13.3. The van der Waals surface area contributed by atoms with Gasteiger partial charge < -0.3 is 20.5 Å². The third kappa shape index (κ3) is 4.94. The molecular weight excluding hydrogens is 422 g/mol. The zero-order chi connectivity index (χ0) is 22.6. The molecule has 1 atom stereocenters. The van der Waals surface area contributed by atoms with E-state index in [9.17, 15) is 18.0 Å². The molecule has 1 fully saturated rings. The van der Waals surface area contributed by atoms with Crippen LogP contribution in [0.1, 0.15) is 33.8 Å². The van der Waals surface area contributed by atoms with Gasteiger partial charge in [0, 0.05) is 26.2 Å². The minimum atomic E-state index is -3.90. The Morgan fingerprint density at radius 2 is 1.94 bits per heavy atom. The average molecular weight is 450 g/mol. The molecule has 0 saturated carbocycles. The van der Waals surface area contributed by atoms with E-state index in [1.807, 2.05) is 0 Å². The van der Waals surface area contributed by atoms with Crippen LogP contribution in [-0.2, 0) is 20.6 Å². The van der Waals surface area contributed by atoms with E-state index in [2.05, 4.69) is 10.5 Å². The lowest BCUT2D eigenvalue weighted by atomic mass is 10.1. The Hall–Kier alpha value is -2.76. The van der Waals surface area contributed by atoms with Crippen LogP contribution in [0.2, 0.25) is 0 Å². The van der Waals surface area contributed by atoms with Crippen molar-refractivity contribution in [1.82, 2.24) is 19.7 Å². The number of amides is 2. The van der Waals surface area contributed by atoms with Gasteiger partial charge in [0.1, 0.15) is 11.3 Å². The van der Waals surface area contributed by atoms with Crippen molar-refractivity contribution in [3.63, 3.8) is 0 Å². The second kappa shape index (κ2) is 9.58. The van der Waals surface area contributed by atoms with Crippen molar-refractivity contribution >= 4 is 21.8 Å². The van der Waals surface area contributed by atoms with E-state index in [0.717, 1.165) is 4.31 Å². The van der Waals surface area contributed by atoms with Crippen LogP contribution < -0.4 is 11.1 Å². The number of nitrogens with two attached hydrogens (primary N) is 1. The van der Waals surface area contributed by atoms with Gasteiger partial charge in [0.05, 0.1) is 11.4 Å². The predicted molar refractivity (Wildman–Crippen MR) is 113 cm³/mol. The van der Waals surface area contributed by atoms with E-state index in [4.69, 9.17) is 10.3 Å². The van der Waals surface area contributed by atoms with Crippen LogP contribution in [0.3, 0.4) is 0 Å². The molecule has 1 aromatic carbocycles. The number of carbonyl (C=O) groups is 2. The van der Waals surface area contributed by atoms with Gasteiger partial charge in [-0.2, -0.15) is 4.31 Å². The maximum Gasteiger partial charge on any atom is 0.261 e. The summed E-state index contributed by atoms with van der Waals surface area (Å²) in [4.78, 5) is 27.6. The fraction of sp³-hybridized carbons (Fsp3) is 0.450. The van der Waals surface area contributed by atoms with E-state index in [-0.39, 0.29) is 37.5 Å². The summed E-state index contributed by atoms with van der Waals surface area (Å²) < 4.78 is 32.8. The van der Waals surface area contributed by atoms with Crippen LogP contribution in [0.15, 0.2) is 34.9 Å². The van der Waals surface area contributed by atoms with Crippen LogP contribution in [0, 0.1) is 13.8 Å². The van der Waals surface area contributed by atoms with Crippen molar-refractivity contribution in [1.29, 1.82) is 0 Å². The summed E-state index contributed by atoms with van der Waals surface area (Å²) in [6, 6.07) is 8.71. The third-order valence-corrected chi connectivity index (χ3v) is 6.88. The number of hydrogen-bond donors (Lipinski definition) is 2. The van der Waals surface area contributed by atoms with Crippen molar-refractivity contribution in [2.75, 3.05) is 26.2 Å². The first kappa shape index (κ1) is 22.9. The molecule has 1 aromatic heterocycles. The summed E-state index contributed by atoms with van der Waals surface area (Å²) in [5, 5.41) is 6.43. The molecule has 11 heteroatoms. The van der Waals surface area contributed by atoms with Crippen molar-refractivity contribution in [2.24, 2.45) is 5.73 Å². The molecule has 0 bridgehead atoms. The summed E-state index contributed by atoms with van der Waals surface area (Å²) in [5.74, 6) is -1.06. The molecule has 0 radical (unpaired) electrons. The average Bonchev–Trinajstić information content (AvgIpc) is 3.09. The molecule has 2 heterocycles. The molecule has 0 aliphatic carbocycles. The van der Waals surface area contributed by atoms with Crippen LogP contribution in [0.4, 0.5) is 0 Å². The van der Waals surface area contributed by atoms with E-state index in [1.165, 1.54) is 4.90 Å². The van der Waals surface area contributed by atoms with Crippen LogP contribution in [0.5, 0.6) is 0 Å². The highest BCUT2D eigenvalue weighted by Crippen LogP contribution is 2.25. The third-order valence-electron chi connectivity index (χ3n) is 5.08. The van der Waals surface area contributed by atoms with E-state index < -0.39 is 28.0 Å². The van der Waals surface area contributed by atoms with Crippen molar-refractivity contribution < 1.29 is 22.5 Å². The number of aromatic nitrogens is 1. The monoisotopic (exact) mass is 449 g/mol. The van der Waals surface area contributed by atoms with Gasteiger partial charge >= 0.3 is 0 Å². The second-order valence-corrected chi connectivity index (χ2v) is 9.28. The van der Waals surface area contributed by atoms with Gasteiger partial charge in [-0.1, -0.05) is 35.5 Å². The van der Waals surface area contributed by atoms with Gasteiger partial charge in [0.15, 0.2) is 6.17 Å². The van der Waals surface area contributed by atoms with Gasteiger partial charge in [-0.3, -0.25) is 9.59 Å². The predicted octanol–water partition coefficient (Wildman–Crippen LogP) is 0.370. The fourth-order valence-corrected chi connectivity index (χ4v) is 5.36. The Kier molecular flexibility index (Phi) is 7.08. The highest BCUT2D eigenvalue weighted by molar-refractivity contribution is 7.88. The number of hydrogen-bond acceptors (Lipinski definition) is 7. The summed E-state index contributed by atoms with van der Waals surface area (Å²) >= 11 is 0. The standard InChI is InChI=1S/C20H27N5O5S/c1-14-17(15(2)30-23-14)20(27)24-11-6-12-25(19(24)18(26)22-10-9-21)31(28,29)13-16-7-4-3-5-8-16/h3-5,7-8,19H,6,9-13,21H2,1-2H3,(H,22,26). The zero-order valence-electron chi connectivity index (χ0n) is 17.6. The Balaban J connectivity index is 1.97. The molecule has 168 valence electrons. The SMILES string of the molecule is Cc1noc(C)c1C(=O)N1CCCN(S(=O)(=O)Cc2ccccc2)C1C(=O)NCCN. The number of benzene rings is 1. The highest BCUT2D eigenvalue weighted by atomic mass is 32.2. The number of carbonyl (C=O) groups excluding carboxylic acids is 2. The van der Waals surface area contributed by atoms with Crippen molar-refractivity contribution in [3.05, 3.63) is 52.9 Å². The molecule has 1 unspecified atom stereocenters. The largest absolute Gasteiger partial charge is 0.361 e. The van der Waals surface area contributed by atoms with Crippen molar-refractivity contribution in [3.8, 4) is 0 Å². The molecule has 2 amide bonds. The van der Waals surface area contributed by atoms with E-state index in [1.54, 1.807) is 44.2 Å². The number of rotatable bonds is 7. The minimum Gasteiger partial charge on any atom is -0.361 e. The lowest BCUT2D eigenvalue weighted by Gasteiger charge is -2.41. The van der Waals surface area contributed by atoms with Crippen LogP contribution >= 0.6 is 0 Å². The summed E-state index contributed by atoms with van der Waals surface area (Å²) in [6.07, 6.45) is -0.931. The number of sulfonamides is 1. The number of nitrogens with one attached hydrogen (secondary N) is 1.